The van der Waals surface area contributed by atoms with Gasteiger partial charge in [0.15, 0.2) is 0 Å². The summed E-state index contributed by atoms with van der Waals surface area (Å²) in [7, 11) is -4.88. The third kappa shape index (κ3) is 3.65. The van der Waals surface area contributed by atoms with Crippen LogP contribution in [0.4, 0.5) is 4.79 Å². The molecule has 2 bridgehead atoms. The first-order valence-electron chi connectivity index (χ1n) is 7.95. The molecule has 12 nitrogen and oxygen atoms in total. The van der Waals surface area contributed by atoms with E-state index in [4.69, 9.17) is 4.55 Å². The summed E-state index contributed by atoms with van der Waals surface area (Å²) in [4.78, 5) is 37.8. The summed E-state index contributed by atoms with van der Waals surface area (Å²) in [5, 5.41) is 3.48. The van der Waals surface area contributed by atoms with Crippen molar-refractivity contribution >= 4 is 28.2 Å². The van der Waals surface area contributed by atoms with Crippen LogP contribution in [0.15, 0.2) is 11.6 Å². The van der Waals surface area contributed by atoms with Gasteiger partial charge in [0.1, 0.15) is 6.04 Å². The van der Waals surface area contributed by atoms with Gasteiger partial charge in [-0.15, -0.1) is 4.28 Å². The summed E-state index contributed by atoms with van der Waals surface area (Å²) < 4.78 is 34.9. The fourth-order valence-electron chi connectivity index (χ4n) is 3.32. The molecule has 0 aromatic heterocycles. The zero-order chi connectivity index (χ0) is 19.1. The first-order valence-corrected chi connectivity index (χ1v) is 9.32. The lowest BCUT2D eigenvalue weighted by Gasteiger charge is -2.29. The summed E-state index contributed by atoms with van der Waals surface area (Å²) in [6, 6.07) is -3.06. The number of carbonyl (C=O) groups is 3. The van der Waals surface area contributed by atoms with Gasteiger partial charge in [-0.2, -0.15) is 13.5 Å². The number of nitrogens with one attached hydrogen (secondary N) is 3. The molecule has 2 fully saturated rings. The molecule has 3 aliphatic heterocycles. The van der Waals surface area contributed by atoms with Crippen LogP contribution in [0.3, 0.4) is 0 Å². The molecule has 4 amide bonds. The fourth-order valence-corrected chi connectivity index (χ4v) is 3.70. The molecule has 0 spiro atoms. The van der Waals surface area contributed by atoms with Gasteiger partial charge < -0.3 is 10.2 Å². The smallest absolute Gasteiger partial charge is 0.306 e. The van der Waals surface area contributed by atoms with Crippen LogP contribution in [-0.2, 0) is 24.3 Å². The Morgan fingerprint density at radius 3 is 2.65 bits per heavy atom. The standard InChI is InChI=1S/C13H19N5O7S/c1-7-5-8-6-17(13(21)18(8)25-26(22,23)24)10(7)12(20)16-15-11(19)9-3-2-4-14-9/h5,8-10,14H,2-4,6H2,1H3,(H,15,19)(H,16,20)(H,22,23,24)/t8-,9+,10+/m1/s1. The molecule has 0 radical (unpaired) electrons. The van der Waals surface area contributed by atoms with E-state index in [9.17, 15) is 22.8 Å². The number of rotatable bonds is 4. The number of hydroxylamine groups is 2. The van der Waals surface area contributed by atoms with Crippen LogP contribution in [0.1, 0.15) is 19.8 Å². The van der Waals surface area contributed by atoms with Gasteiger partial charge in [0, 0.05) is 0 Å². The van der Waals surface area contributed by atoms with Crippen LogP contribution in [0.5, 0.6) is 0 Å². The number of hydrazine groups is 1. The van der Waals surface area contributed by atoms with Gasteiger partial charge in [0.05, 0.1) is 18.6 Å². The Bertz CT molecular complexity index is 761. The minimum atomic E-state index is -4.88. The predicted molar refractivity (Wildman–Crippen MR) is 85.2 cm³/mol. The van der Waals surface area contributed by atoms with E-state index in [1.807, 2.05) is 0 Å². The Morgan fingerprint density at radius 1 is 1.35 bits per heavy atom. The van der Waals surface area contributed by atoms with Gasteiger partial charge in [-0.25, -0.2) is 4.79 Å². The van der Waals surface area contributed by atoms with Gasteiger partial charge in [-0.05, 0) is 31.9 Å². The van der Waals surface area contributed by atoms with E-state index in [1.165, 1.54) is 6.08 Å². The molecule has 0 aliphatic carbocycles. The van der Waals surface area contributed by atoms with Gasteiger partial charge in [0.25, 0.3) is 11.8 Å². The second-order valence-electron chi connectivity index (χ2n) is 6.27. The average molecular weight is 389 g/mol. The van der Waals surface area contributed by atoms with Crippen molar-refractivity contribution in [3.63, 3.8) is 0 Å². The summed E-state index contributed by atoms with van der Waals surface area (Å²) in [6.07, 6.45) is 3.03. The molecule has 3 rings (SSSR count). The highest BCUT2D eigenvalue weighted by atomic mass is 32.3. The topological polar surface area (TPSA) is 157 Å². The molecule has 3 atom stereocenters. The SMILES string of the molecule is CC1=C[C@@H]2CN(C(=O)N2OS(=O)(=O)O)[C@@H]1C(=O)NNC(=O)[C@@H]1CCCN1. The van der Waals surface area contributed by atoms with Crippen molar-refractivity contribution < 1.29 is 31.6 Å². The third-order valence-electron chi connectivity index (χ3n) is 4.43. The molecule has 0 unspecified atom stereocenters. The highest BCUT2D eigenvalue weighted by Crippen LogP contribution is 2.29. The van der Waals surface area contributed by atoms with Crippen LogP contribution in [0.25, 0.3) is 0 Å². The van der Waals surface area contributed by atoms with E-state index in [2.05, 4.69) is 20.5 Å². The van der Waals surface area contributed by atoms with Crippen LogP contribution in [-0.4, -0.2) is 72.0 Å². The number of carbonyl (C=O) groups excluding carboxylic acids is 3. The minimum absolute atomic E-state index is 0.00189. The molecule has 0 aromatic rings. The van der Waals surface area contributed by atoms with E-state index >= 15 is 0 Å². The molecular formula is C13H19N5O7S. The summed E-state index contributed by atoms with van der Waals surface area (Å²) in [6.45, 7) is 2.32. The molecule has 144 valence electrons. The molecule has 3 heterocycles. The number of fused-ring (bicyclic) bond motifs is 2. The zero-order valence-corrected chi connectivity index (χ0v) is 14.7. The molecule has 3 aliphatic rings. The molecule has 2 saturated heterocycles. The normalized spacial score (nSPS) is 28.2. The highest BCUT2D eigenvalue weighted by molar-refractivity contribution is 7.80. The lowest BCUT2D eigenvalue weighted by Crippen LogP contribution is -2.56. The number of amides is 4. The second-order valence-corrected chi connectivity index (χ2v) is 7.28. The van der Waals surface area contributed by atoms with E-state index in [0.29, 0.717) is 17.1 Å². The number of urea groups is 1. The molecular weight excluding hydrogens is 370 g/mol. The van der Waals surface area contributed by atoms with Gasteiger partial charge >= 0.3 is 16.4 Å². The van der Waals surface area contributed by atoms with Crippen molar-refractivity contribution in [2.45, 2.75) is 37.9 Å². The second kappa shape index (κ2) is 6.83. The Morgan fingerprint density at radius 2 is 2.04 bits per heavy atom. The zero-order valence-electron chi connectivity index (χ0n) is 13.8. The maximum absolute atomic E-state index is 12.4. The van der Waals surface area contributed by atoms with Crippen molar-refractivity contribution in [3.05, 3.63) is 11.6 Å². The summed E-state index contributed by atoms with van der Waals surface area (Å²) >= 11 is 0. The maximum Gasteiger partial charge on any atom is 0.418 e. The Labute approximate surface area is 149 Å². The van der Waals surface area contributed by atoms with Crippen molar-refractivity contribution in [2.24, 2.45) is 0 Å². The lowest BCUT2D eigenvalue weighted by molar-refractivity contribution is -0.131. The van der Waals surface area contributed by atoms with Crippen molar-refractivity contribution in [3.8, 4) is 0 Å². The summed E-state index contributed by atoms with van der Waals surface area (Å²) in [5.74, 6) is -1.03. The number of nitrogens with zero attached hydrogens (tertiary/aromatic N) is 2. The summed E-state index contributed by atoms with van der Waals surface area (Å²) in [5.41, 5.74) is 5.08. The van der Waals surface area contributed by atoms with E-state index in [0.717, 1.165) is 17.9 Å². The van der Waals surface area contributed by atoms with Crippen LogP contribution in [0.2, 0.25) is 0 Å². The Hall–Kier alpha value is -2.22. The monoisotopic (exact) mass is 389 g/mol. The Balaban J connectivity index is 1.66. The van der Waals surface area contributed by atoms with E-state index in [-0.39, 0.29) is 18.5 Å². The average Bonchev–Trinajstić information content (AvgIpc) is 3.16. The van der Waals surface area contributed by atoms with E-state index < -0.39 is 34.4 Å². The van der Waals surface area contributed by atoms with Crippen molar-refractivity contribution in [1.82, 2.24) is 26.1 Å². The predicted octanol–water partition coefficient (Wildman–Crippen LogP) is -1.95. The van der Waals surface area contributed by atoms with Crippen molar-refractivity contribution in [2.75, 3.05) is 13.1 Å². The minimum Gasteiger partial charge on any atom is -0.306 e. The maximum atomic E-state index is 12.4. The van der Waals surface area contributed by atoms with Crippen LogP contribution in [0, 0.1) is 0 Å². The molecule has 0 saturated carbocycles. The largest absolute Gasteiger partial charge is 0.418 e. The molecule has 4 N–H and O–H groups in total. The van der Waals surface area contributed by atoms with Crippen LogP contribution < -0.4 is 16.2 Å². The first-order chi connectivity index (χ1) is 12.2. The lowest BCUT2D eigenvalue weighted by atomic mass is 10.0. The van der Waals surface area contributed by atoms with Gasteiger partial charge in [-0.1, -0.05) is 6.08 Å². The van der Waals surface area contributed by atoms with Gasteiger partial charge in [0.2, 0.25) is 0 Å². The van der Waals surface area contributed by atoms with Gasteiger partial charge in [-0.3, -0.25) is 25.0 Å². The number of hydrogen-bond acceptors (Lipinski definition) is 7. The molecule has 26 heavy (non-hydrogen) atoms. The quantitative estimate of drug-likeness (QED) is 0.246. The first kappa shape index (κ1) is 18.6. The fraction of sp³-hybridized carbons (Fsp3) is 0.615. The Kier molecular flexibility index (Phi) is 4.88. The van der Waals surface area contributed by atoms with Crippen molar-refractivity contribution in [1.29, 1.82) is 0 Å². The molecule has 13 heteroatoms. The third-order valence-corrected chi connectivity index (χ3v) is 4.77. The highest BCUT2D eigenvalue weighted by Gasteiger charge is 2.48. The number of hydrogen-bond donors (Lipinski definition) is 4. The van der Waals surface area contributed by atoms with Crippen LogP contribution >= 0.6 is 0 Å². The molecule has 0 aromatic carbocycles. The van der Waals surface area contributed by atoms with E-state index in [1.54, 1.807) is 6.92 Å².